The molecule has 1 nitrogen and oxygen atoms in total. The molecule has 2 atom stereocenters. The van der Waals surface area contributed by atoms with Crippen molar-refractivity contribution in [2.75, 3.05) is 0 Å². The van der Waals surface area contributed by atoms with Crippen molar-refractivity contribution in [3.05, 3.63) is 29.8 Å². The van der Waals surface area contributed by atoms with Gasteiger partial charge in [-0.1, -0.05) is 26.0 Å². The van der Waals surface area contributed by atoms with Crippen LogP contribution in [0, 0.1) is 5.92 Å². The summed E-state index contributed by atoms with van der Waals surface area (Å²) < 4.78 is 0. The third kappa shape index (κ3) is 3.36. The van der Waals surface area contributed by atoms with Crippen LogP contribution in [0.1, 0.15) is 31.5 Å². The molecular weight excluding hydrogens is 179 g/mol. The molecule has 72 valence electrons. The Morgan fingerprint density at radius 3 is 2.23 bits per heavy atom. The smallest absolute Gasteiger partial charge is 0.115 e. The normalized spacial score (nSPS) is 13.2. The van der Waals surface area contributed by atoms with Gasteiger partial charge in [-0.2, -0.15) is 0 Å². The van der Waals surface area contributed by atoms with E-state index < -0.39 is 0 Å². The molecule has 1 N–H and O–H groups in total. The minimum absolute atomic E-state index is 0.338. The summed E-state index contributed by atoms with van der Waals surface area (Å²) in [6, 6.07) is 7.45. The predicted octanol–water partition coefficient (Wildman–Crippen LogP) is 3.35. The van der Waals surface area contributed by atoms with Crippen molar-refractivity contribution in [1.82, 2.24) is 0 Å². The van der Waals surface area contributed by atoms with E-state index in [1.54, 1.807) is 12.1 Å². The molecule has 1 aromatic carbocycles. The number of phenolic OH excluding ortho intramolecular Hbond substituents is 1. The van der Waals surface area contributed by atoms with Crippen LogP contribution in [0.15, 0.2) is 24.3 Å². The van der Waals surface area contributed by atoms with Gasteiger partial charge in [-0.15, -0.1) is 9.24 Å². The van der Waals surface area contributed by atoms with E-state index in [1.165, 1.54) is 5.56 Å². The Kier molecular flexibility index (Phi) is 3.74. The van der Waals surface area contributed by atoms with E-state index in [-0.39, 0.29) is 0 Å². The van der Waals surface area contributed by atoms with Gasteiger partial charge < -0.3 is 5.11 Å². The molecule has 1 rings (SSSR count). The maximum atomic E-state index is 9.11. The molecule has 0 heterocycles. The molecule has 0 radical (unpaired) electrons. The van der Waals surface area contributed by atoms with Crippen molar-refractivity contribution < 1.29 is 5.11 Å². The third-order valence-electron chi connectivity index (χ3n) is 2.05. The Bertz CT molecular complexity index is 253. The lowest BCUT2D eigenvalue weighted by atomic mass is 10.0. The molecule has 0 saturated heterocycles. The highest BCUT2D eigenvalue weighted by Gasteiger charge is 2.07. The average Bonchev–Trinajstić information content (AvgIpc) is 2.04. The first-order valence-electron chi connectivity index (χ1n) is 4.64. The topological polar surface area (TPSA) is 20.2 Å². The Morgan fingerprint density at radius 2 is 1.77 bits per heavy atom. The first kappa shape index (κ1) is 10.5. The van der Waals surface area contributed by atoms with E-state index in [2.05, 4.69) is 23.1 Å². The molecule has 0 bridgehead atoms. The van der Waals surface area contributed by atoms with E-state index in [4.69, 9.17) is 5.11 Å². The van der Waals surface area contributed by atoms with Crippen LogP contribution in [0.2, 0.25) is 0 Å². The molecule has 0 fully saturated rings. The molecule has 13 heavy (non-hydrogen) atoms. The van der Waals surface area contributed by atoms with Gasteiger partial charge in [0.25, 0.3) is 0 Å². The van der Waals surface area contributed by atoms with Crippen LogP contribution in [0.4, 0.5) is 0 Å². The number of hydrogen-bond donors (Lipinski definition) is 1. The zero-order chi connectivity index (χ0) is 9.84. The van der Waals surface area contributed by atoms with E-state index in [0.29, 0.717) is 17.3 Å². The summed E-state index contributed by atoms with van der Waals surface area (Å²) in [5, 5.41) is 9.11. The lowest BCUT2D eigenvalue weighted by molar-refractivity contribution is 0.475. The van der Waals surface area contributed by atoms with Crippen molar-refractivity contribution in [3.8, 4) is 5.75 Å². The lowest BCUT2D eigenvalue weighted by Gasteiger charge is -2.13. The summed E-state index contributed by atoms with van der Waals surface area (Å²) >= 11 is 0. The molecule has 0 aliphatic rings. The van der Waals surface area contributed by atoms with Crippen LogP contribution in [0.25, 0.3) is 0 Å². The van der Waals surface area contributed by atoms with E-state index in [1.807, 2.05) is 12.1 Å². The fourth-order valence-corrected chi connectivity index (χ4v) is 2.13. The maximum Gasteiger partial charge on any atom is 0.115 e. The summed E-state index contributed by atoms with van der Waals surface area (Å²) in [6.45, 7) is 4.44. The van der Waals surface area contributed by atoms with Crippen LogP contribution in [0.3, 0.4) is 0 Å². The molecule has 0 aliphatic heterocycles. The molecule has 2 heteroatoms. The first-order chi connectivity index (χ1) is 6.09. The summed E-state index contributed by atoms with van der Waals surface area (Å²) in [5.74, 6) is 1.04. The fourth-order valence-electron chi connectivity index (χ4n) is 1.37. The molecule has 0 amide bonds. The second-order valence-corrected chi connectivity index (χ2v) is 4.63. The standard InChI is InChI=1S/C11H17OP/c1-8(2)7-11(13)9-3-5-10(12)6-4-9/h3-6,8,11-12H,7,13H2,1-2H3. The number of hydrogen-bond acceptors (Lipinski definition) is 1. The zero-order valence-electron chi connectivity index (χ0n) is 8.20. The van der Waals surface area contributed by atoms with Gasteiger partial charge in [0, 0.05) is 0 Å². The maximum absolute atomic E-state index is 9.11. The van der Waals surface area contributed by atoms with Gasteiger partial charge in [0.05, 0.1) is 0 Å². The van der Waals surface area contributed by atoms with Crippen LogP contribution >= 0.6 is 9.24 Å². The highest BCUT2D eigenvalue weighted by molar-refractivity contribution is 7.17. The quantitative estimate of drug-likeness (QED) is 0.735. The SMILES string of the molecule is CC(C)CC(P)c1ccc(O)cc1. The van der Waals surface area contributed by atoms with Gasteiger partial charge >= 0.3 is 0 Å². The molecular formula is C11H17OP. The van der Waals surface area contributed by atoms with Crippen molar-refractivity contribution in [3.63, 3.8) is 0 Å². The van der Waals surface area contributed by atoms with Gasteiger partial charge in [0.1, 0.15) is 5.75 Å². The van der Waals surface area contributed by atoms with Crippen LogP contribution in [-0.4, -0.2) is 5.11 Å². The Balaban J connectivity index is 2.66. The summed E-state index contributed by atoms with van der Waals surface area (Å²) in [6.07, 6.45) is 1.16. The first-order valence-corrected chi connectivity index (χ1v) is 5.30. The van der Waals surface area contributed by atoms with Crippen LogP contribution in [0.5, 0.6) is 5.75 Å². The number of rotatable bonds is 3. The Hall–Kier alpha value is -0.550. The van der Waals surface area contributed by atoms with Gasteiger partial charge in [0.15, 0.2) is 0 Å². The second kappa shape index (κ2) is 4.62. The molecule has 0 saturated carbocycles. The third-order valence-corrected chi connectivity index (χ3v) is 2.70. The number of aromatic hydroxyl groups is 1. The van der Waals surface area contributed by atoms with E-state index in [9.17, 15) is 0 Å². The van der Waals surface area contributed by atoms with Crippen molar-refractivity contribution >= 4 is 9.24 Å². The predicted molar refractivity (Wildman–Crippen MR) is 60.0 cm³/mol. The van der Waals surface area contributed by atoms with Gasteiger partial charge in [-0.25, -0.2) is 0 Å². The van der Waals surface area contributed by atoms with Crippen molar-refractivity contribution in [2.24, 2.45) is 5.92 Å². The number of benzene rings is 1. The summed E-state index contributed by atoms with van der Waals surface area (Å²) in [4.78, 5) is 0. The minimum atomic E-state index is 0.338. The lowest BCUT2D eigenvalue weighted by Crippen LogP contribution is -1.95. The fraction of sp³-hybridized carbons (Fsp3) is 0.455. The van der Waals surface area contributed by atoms with Gasteiger partial charge in [-0.05, 0) is 35.7 Å². The monoisotopic (exact) mass is 196 g/mol. The zero-order valence-corrected chi connectivity index (χ0v) is 9.35. The summed E-state index contributed by atoms with van der Waals surface area (Å²) in [7, 11) is 2.85. The molecule has 0 aliphatic carbocycles. The molecule has 0 spiro atoms. The van der Waals surface area contributed by atoms with Crippen molar-refractivity contribution in [2.45, 2.75) is 25.9 Å². The Labute approximate surface area is 82.4 Å². The van der Waals surface area contributed by atoms with Crippen LogP contribution in [-0.2, 0) is 0 Å². The summed E-state index contributed by atoms with van der Waals surface area (Å²) in [5.41, 5.74) is 1.78. The highest BCUT2D eigenvalue weighted by atomic mass is 31.0. The average molecular weight is 196 g/mol. The van der Waals surface area contributed by atoms with Crippen molar-refractivity contribution in [1.29, 1.82) is 0 Å². The number of phenols is 1. The van der Waals surface area contributed by atoms with E-state index in [0.717, 1.165) is 6.42 Å². The van der Waals surface area contributed by atoms with Crippen LogP contribution < -0.4 is 0 Å². The highest BCUT2D eigenvalue weighted by Crippen LogP contribution is 2.30. The molecule has 0 aromatic heterocycles. The second-order valence-electron chi connectivity index (χ2n) is 3.83. The van der Waals surface area contributed by atoms with E-state index >= 15 is 0 Å². The largest absolute Gasteiger partial charge is 0.508 e. The Morgan fingerprint density at radius 1 is 1.23 bits per heavy atom. The van der Waals surface area contributed by atoms with Gasteiger partial charge in [-0.3, -0.25) is 0 Å². The minimum Gasteiger partial charge on any atom is -0.508 e. The molecule has 2 unspecified atom stereocenters. The van der Waals surface area contributed by atoms with Gasteiger partial charge in [0.2, 0.25) is 0 Å². The molecule has 1 aromatic rings.